The number of aromatic nitrogens is 2. The van der Waals surface area contributed by atoms with Gasteiger partial charge in [0.1, 0.15) is 12.3 Å². The second kappa shape index (κ2) is 18.2. The summed E-state index contributed by atoms with van der Waals surface area (Å²) in [5, 5.41) is 25.8. The van der Waals surface area contributed by atoms with E-state index in [0.29, 0.717) is 47.6 Å². The molecule has 6 aromatic carbocycles. The molecule has 316 valence electrons. The Morgan fingerprint density at radius 2 is 1.37 bits per heavy atom. The van der Waals surface area contributed by atoms with Crippen molar-refractivity contribution in [3.63, 3.8) is 0 Å². The average molecular weight is 842 g/mol. The van der Waals surface area contributed by atoms with E-state index in [2.05, 4.69) is 40.2 Å². The molecular formula is C49H43N7O7. The first-order valence-electron chi connectivity index (χ1n) is 20.4. The number of nitro benzene ring substituents is 1. The van der Waals surface area contributed by atoms with Gasteiger partial charge in [0.15, 0.2) is 0 Å². The van der Waals surface area contributed by atoms with Crippen molar-refractivity contribution >= 4 is 40.4 Å². The zero-order chi connectivity index (χ0) is 44.0. The molecule has 0 fully saturated rings. The standard InChI is InChI=1S/C49H43N7O7/c1-50-46(57)34-20-21-35(44(28-34)56(61)62)29-54(2)48(59)33-22-24-36(25-23-33)55-43-15-8-7-14-41(43)45(53-55)31-16-18-32(19-17-31)47(58)51-26-9-27-52-49(60)63-30-42-39-12-5-3-10-37(39)38-11-4-6-13-40(38)42/h3-8,10-25,28,42H,9,26-27,29-30H2,1-2H3,(H,50,57)(H,51,58)(H,52,60). The Hall–Kier alpha value is -8.13. The SMILES string of the molecule is CNC(=O)c1ccc(CN(C)C(=O)c2ccc(-n3nc(-c4ccc(C(=O)NCCCNC(=O)OCC5c6ccccc6-c6ccccc65)cc4)c4ccccc43)cc2)c([N+](=O)[O-])c1. The van der Waals surface area contributed by atoms with E-state index in [1.165, 1.54) is 41.3 Å². The molecule has 1 aromatic heterocycles. The molecule has 3 N–H and O–H groups in total. The predicted octanol–water partition coefficient (Wildman–Crippen LogP) is 7.89. The average Bonchev–Trinajstić information content (AvgIpc) is 3.86. The predicted molar refractivity (Wildman–Crippen MR) is 239 cm³/mol. The van der Waals surface area contributed by atoms with Crippen LogP contribution in [0.25, 0.3) is 39.0 Å². The summed E-state index contributed by atoms with van der Waals surface area (Å²) < 4.78 is 7.40. The summed E-state index contributed by atoms with van der Waals surface area (Å²) in [4.78, 5) is 63.6. The minimum Gasteiger partial charge on any atom is -0.449 e. The summed E-state index contributed by atoms with van der Waals surface area (Å²) in [6, 6.07) is 42.4. The van der Waals surface area contributed by atoms with Crippen molar-refractivity contribution in [2.75, 3.05) is 33.8 Å². The highest BCUT2D eigenvalue weighted by Crippen LogP contribution is 2.44. The first kappa shape index (κ1) is 41.6. The highest BCUT2D eigenvalue weighted by molar-refractivity contribution is 5.98. The van der Waals surface area contributed by atoms with Gasteiger partial charge in [-0.25, -0.2) is 9.48 Å². The number of para-hydroxylation sites is 1. The van der Waals surface area contributed by atoms with E-state index < -0.39 is 16.9 Å². The van der Waals surface area contributed by atoms with Gasteiger partial charge in [0, 0.05) is 72.4 Å². The summed E-state index contributed by atoms with van der Waals surface area (Å²) in [6.07, 6.45) is 0.0186. The molecule has 4 amide bonds. The maximum atomic E-state index is 13.4. The molecule has 63 heavy (non-hydrogen) atoms. The van der Waals surface area contributed by atoms with Crippen LogP contribution in [0.4, 0.5) is 10.5 Å². The van der Waals surface area contributed by atoms with E-state index in [1.54, 1.807) is 48.1 Å². The van der Waals surface area contributed by atoms with E-state index in [9.17, 15) is 29.3 Å². The molecule has 0 spiro atoms. The molecule has 0 saturated carbocycles. The second-order valence-corrected chi connectivity index (χ2v) is 15.1. The Morgan fingerprint density at radius 3 is 2.05 bits per heavy atom. The van der Waals surface area contributed by atoms with Crippen LogP contribution < -0.4 is 16.0 Å². The van der Waals surface area contributed by atoms with Gasteiger partial charge in [-0.15, -0.1) is 0 Å². The van der Waals surface area contributed by atoms with Crippen LogP contribution in [-0.4, -0.2) is 77.2 Å². The number of hydrogen-bond acceptors (Lipinski definition) is 8. The number of nitro groups is 1. The summed E-state index contributed by atoms with van der Waals surface area (Å²) in [6.45, 7) is 0.889. The fraction of sp³-hybridized carbons (Fsp3) is 0.163. The number of alkyl carbamates (subject to hydrolysis) is 1. The van der Waals surface area contributed by atoms with Crippen LogP contribution in [0.15, 0.2) is 140 Å². The number of carbonyl (C=O) groups is 4. The van der Waals surface area contributed by atoms with E-state index in [-0.39, 0.29) is 42.1 Å². The topological polar surface area (TPSA) is 178 Å². The van der Waals surface area contributed by atoms with Gasteiger partial charge in [-0.1, -0.05) is 78.9 Å². The van der Waals surface area contributed by atoms with Crippen molar-refractivity contribution in [1.29, 1.82) is 0 Å². The maximum Gasteiger partial charge on any atom is 0.407 e. The number of nitrogens with one attached hydrogen (secondary N) is 3. The van der Waals surface area contributed by atoms with Crippen molar-refractivity contribution in [2.45, 2.75) is 18.9 Å². The molecule has 14 nitrogen and oxygen atoms in total. The van der Waals surface area contributed by atoms with E-state index in [0.717, 1.165) is 27.6 Å². The molecule has 7 aromatic rings. The number of ether oxygens (including phenoxy) is 1. The zero-order valence-electron chi connectivity index (χ0n) is 34.5. The first-order valence-corrected chi connectivity index (χ1v) is 20.4. The molecule has 0 saturated heterocycles. The lowest BCUT2D eigenvalue weighted by atomic mass is 9.98. The molecule has 1 aliphatic carbocycles. The van der Waals surface area contributed by atoms with Gasteiger partial charge in [0.25, 0.3) is 23.4 Å². The first-order chi connectivity index (χ1) is 30.6. The second-order valence-electron chi connectivity index (χ2n) is 15.1. The Balaban J connectivity index is 0.850. The van der Waals surface area contributed by atoms with Gasteiger partial charge in [0.2, 0.25) is 0 Å². The molecule has 0 unspecified atom stereocenters. The molecule has 1 aliphatic rings. The molecular weight excluding hydrogens is 799 g/mol. The Labute approximate surface area is 362 Å². The van der Waals surface area contributed by atoms with Crippen LogP contribution in [0.2, 0.25) is 0 Å². The number of carbonyl (C=O) groups excluding carboxylic acids is 4. The summed E-state index contributed by atoms with van der Waals surface area (Å²) in [5.41, 5.74) is 8.74. The monoisotopic (exact) mass is 841 g/mol. The van der Waals surface area contributed by atoms with E-state index in [1.807, 2.05) is 60.7 Å². The van der Waals surface area contributed by atoms with Crippen molar-refractivity contribution < 1.29 is 28.8 Å². The lowest BCUT2D eigenvalue weighted by molar-refractivity contribution is -0.385. The Morgan fingerprint density at radius 1 is 0.746 bits per heavy atom. The molecule has 1 heterocycles. The fourth-order valence-electron chi connectivity index (χ4n) is 7.93. The fourth-order valence-corrected chi connectivity index (χ4v) is 7.93. The third-order valence-corrected chi connectivity index (χ3v) is 11.1. The van der Waals surface area contributed by atoms with Crippen molar-refractivity contribution in [1.82, 2.24) is 30.6 Å². The van der Waals surface area contributed by atoms with Crippen LogP contribution in [0, 0.1) is 10.1 Å². The van der Waals surface area contributed by atoms with Crippen molar-refractivity contribution in [3.05, 3.63) is 183 Å². The quantitative estimate of drug-likeness (QED) is 0.0562. The van der Waals surface area contributed by atoms with Crippen LogP contribution in [-0.2, 0) is 11.3 Å². The summed E-state index contributed by atoms with van der Waals surface area (Å²) in [7, 11) is 3.00. The van der Waals surface area contributed by atoms with Gasteiger partial charge in [-0.05, 0) is 83.3 Å². The molecule has 0 radical (unpaired) electrons. The Bertz CT molecular complexity index is 2830. The van der Waals surface area contributed by atoms with Crippen LogP contribution in [0.3, 0.4) is 0 Å². The molecule has 14 heteroatoms. The molecule has 0 bridgehead atoms. The lowest BCUT2D eigenvalue weighted by Crippen LogP contribution is -2.30. The number of benzene rings is 6. The Kier molecular flexibility index (Phi) is 12.0. The number of fused-ring (bicyclic) bond motifs is 4. The van der Waals surface area contributed by atoms with Gasteiger partial charge in [-0.2, -0.15) is 5.10 Å². The minimum absolute atomic E-state index is 0.0212. The minimum atomic E-state index is -0.566. The maximum absolute atomic E-state index is 13.4. The zero-order valence-corrected chi connectivity index (χ0v) is 34.5. The largest absolute Gasteiger partial charge is 0.449 e. The van der Waals surface area contributed by atoms with Gasteiger partial charge in [-0.3, -0.25) is 24.5 Å². The summed E-state index contributed by atoms with van der Waals surface area (Å²) in [5.74, 6) is -1.05. The summed E-state index contributed by atoms with van der Waals surface area (Å²) >= 11 is 0. The molecule has 8 rings (SSSR count). The smallest absolute Gasteiger partial charge is 0.407 e. The number of hydrogen-bond donors (Lipinski definition) is 3. The van der Waals surface area contributed by atoms with Crippen LogP contribution >= 0.6 is 0 Å². The highest BCUT2D eigenvalue weighted by Gasteiger charge is 2.29. The van der Waals surface area contributed by atoms with Crippen LogP contribution in [0.5, 0.6) is 0 Å². The highest BCUT2D eigenvalue weighted by atomic mass is 16.6. The third kappa shape index (κ3) is 8.73. The number of amides is 4. The number of rotatable bonds is 14. The molecule has 0 atom stereocenters. The lowest BCUT2D eigenvalue weighted by Gasteiger charge is -2.18. The van der Waals surface area contributed by atoms with Gasteiger partial charge >= 0.3 is 6.09 Å². The third-order valence-electron chi connectivity index (χ3n) is 11.1. The van der Waals surface area contributed by atoms with Gasteiger partial charge < -0.3 is 25.6 Å². The normalized spacial score (nSPS) is 11.7. The van der Waals surface area contributed by atoms with E-state index in [4.69, 9.17) is 9.84 Å². The van der Waals surface area contributed by atoms with Crippen molar-refractivity contribution in [3.8, 4) is 28.1 Å². The van der Waals surface area contributed by atoms with Gasteiger partial charge in [0.05, 0.1) is 22.7 Å². The molecule has 0 aliphatic heterocycles. The van der Waals surface area contributed by atoms with Crippen LogP contribution in [0.1, 0.15) is 60.1 Å². The van der Waals surface area contributed by atoms with Crippen molar-refractivity contribution in [2.24, 2.45) is 0 Å². The number of nitrogens with zero attached hydrogens (tertiary/aromatic N) is 4. The van der Waals surface area contributed by atoms with E-state index >= 15 is 0 Å².